The summed E-state index contributed by atoms with van der Waals surface area (Å²) in [6, 6.07) is 16.4. The van der Waals surface area contributed by atoms with Gasteiger partial charge in [-0.05, 0) is 37.8 Å². The Hall–Kier alpha value is -3.34. The minimum atomic E-state index is 0.0511. The number of aldehydes is 1. The Kier molecular flexibility index (Phi) is 13.2. The summed E-state index contributed by atoms with van der Waals surface area (Å²) in [6.07, 6.45) is 5.87. The first kappa shape index (κ1) is 29.7. The van der Waals surface area contributed by atoms with Crippen molar-refractivity contribution < 1.29 is 14.4 Å². The van der Waals surface area contributed by atoms with Crippen LogP contribution < -0.4 is 0 Å². The summed E-state index contributed by atoms with van der Waals surface area (Å²) in [6.45, 7) is 11.2. The average molecular weight is 477 g/mol. The van der Waals surface area contributed by atoms with Crippen molar-refractivity contribution in [3.05, 3.63) is 65.9 Å². The molecule has 5 nitrogen and oxygen atoms in total. The van der Waals surface area contributed by atoms with Crippen molar-refractivity contribution in [2.24, 2.45) is 13.0 Å². The van der Waals surface area contributed by atoms with Gasteiger partial charge in [0.15, 0.2) is 5.78 Å². The molecule has 1 unspecified atom stereocenters. The third-order valence-electron chi connectivity index (χ3n) is 5.71. The zero-order chi connectivity index (χ0) is 26.4. The molecule has 0 radical (unpaired) electrons. The molecule has 0 saturated heterocycles. The lowest BCUT2D eigenvalue weighted by atomic mass is 9.94. The molecule has 1 aromatic heterocycles. The molecule has 0 bridgehead atoms. The number of rotatable bonds is 9. The number of ketones is 2. The lowest BCUT2D eigenvalue weighted by Crippen LogP contribution is -2.05. The van der Waals surface area contributed by atoms with Crippen LogP contribution in [0, 0.1) is 5.92 Å². The predicted molar refractivity (Wildman–Crippen MR) is 145 cm³/mol. The molecule has 1 heterocycles. The normalized spacial score (nSPS) is 10.8. The van der Waals surface area contributed by atoms with Crippen molar-refractivity contribution in [2.75, 3.05) is 0 Å². The van der Waals surface area contributed by atoms with E-state index in [1.54, 1.807) is 13.8 Å². The first-order chi connectivity index (χ1) is 16.8. The van der Waals surface area contributed by atoms with Gasteiger partial charge in [-0.25, -0.2) is 0 Å². The van der Waals surface area contributed by atoms with Crippen LogP contribution in [0.15, 0.2) is 54.7 Å². The molecular formula is C30H40N2O3. The van der Waals surface area contributed by atoms with E-state index in [9.17, 15) is 14.4 Å². The van der Waals surface area contributed by atoms with Crippen LogP contribution in [0.25, 0.3) is 22.4 Å². The topological polar surface area (TPSA) is 69.0 Å². The highest BCUT2D eigenvalue weighted by atomic mass is 16.1. The molecule has 0 N–H and O–H groups in total. The van der Waals surface area contributed by atoms with Crippen LogP contribution in [0.4, 0.5) is 0 Å². The van der Waals surface area contributed by atoms with Crippen molar-refractivity contribution in [2.45, 2.75) is 67.2 Å². The van der Waals surface area contributed by atoms with Crippen molar-refractivity contribution in [1.29, 1.82) is 0 Å². The van der Waals surface area contributed by atoms with Crippen LogP contribution in [0.3, 0.4) is 0 Å². The number of carbonyl (C=O) groups excluding carboxylic acids is 3. The Balaban J connectivity index is 0.000000473. The number of hydrogen-bond acceptors (Lipinski definition) is 4. The molecule has 188 valence electrons. The lowest BCUT2D eigenvalue weighted by molar-refractivity contribution is -0.120. The smallest absolute Gasteiger partial charge is 0.160 e. The number of benzene rings is 2. The SMILES string of the molecule is CC.CC(=O)C(C)CCC=O.CCCc1cc(-c2cnn(C)c2-c2ccccc2)ccc1C(C)=O. The highest BCUT2D eigenvalue weighted by molar-refractivity contribution is 5.96. The minimum Gasteiger partial charge on any atom is -0.303 e. The van der Waals surface area contributed by atoms with Crippen LogP contribution in [0.1, 0.15) is 76.7 Å². The van der Waals surface area contributed by atoms with Gasteiger partial charge < -0.3 is 4.79 Å². The van der Waals surface area contributed by atoms with Crippen molar-refractivity contribution >= 4 is 17.9 Å². The zero-order valence-corrected chi connectivity index (χ0v) is 22.3. The third kappa shape index (κ3) is 8.75. The largest absolute Gasteiger partial charge is 0.303 e. The number of aryl methyl sites for hydroxylation is 2. The van der Waals surface area contributed by atoms with E-state index in [1.807, 2.05) is 69.0 Å². The molecular weight excluding hydrogens is 436 g/mol. The summed E-state index contributed by atoms with van der Waals surface area (Å²) in [5, 5.41) is 4.45. The number of carbonyl (C=O) groups is 3. The average Bonchev–Trinajstić information content (AvgIpc) is 3.26. The van der Waals surface area contributed by atoms with E-state index < -0.39 is 0 Å². The highest BCUT2D eigenvalue weighted by Gasteiger charge is 2.15. The Morgan fingerprint density at radius 3 is 2.23 bits per heavy atom. The molecule has 3 aromatic rings. The highest BCUT2D eigenvalue weighted by Crippen LogP contribution is 2.33. The molecule has 0 amide bonds. The van der Waals surface area contributed by atoms with Gasteiger partial charge in [0.2, 0.25) is 0 Å². The van der Waals surface area contributed by atoms with E-state index in [0.717, 1.165) is 52.6 Å². The van der Waals surface area contributed by atoms with Gasteiger partial charge in [-0.2, -0.15) is 5.10 Å². The molecule has 3 rings (SSSR count). The van der Waals surface area contributed by atoms with Crippen LogP contribution in [0.2, 0.25) is 0 Å². The lowest BCUT2D eigenvalue weighted by Gasteiger charge is -2.11. The number of aromatic nitrogens is 2. The van der Waals surface area contributed by atoms with Crippen molar-refractivity contribution in [3.8, 4) is 22.4 Å². The molecule has 0 aliphatic carbocycles. The van der Waals surface area contributed by atoms with Gasteiger partial charge in [-0.15, -0.1) is 0 Å². The van der Waals surface area contributed by atoms with Gasteiger partial charge in [0, 0.05) is 36.1 Å². The maximum Gasteiger partial charge on any atom is 0.160 e. The summed E-state index contributed by atoms with van der Waals surface area (Å²) in [5.74, 6) is 0.339. The van der Waals surface area contributed by atoms with E-state index in [-0.39, 0.29) is 17.5 Å². The van der Waals surface area contributed by atoms with Gasteiger partial charge in [-0.1, -0.05) is 82.6 Å². The predicted octanol–water partition coefficient (Wildman–Crippen LogP) is 7.13. The second-order valence-corrected chi connectivity index (χ2v) is 8.33. The first-order valence-corrected chi connectivity index (χ1v) is 12.5. The molecule has 2 aromatic carbocycles. The zero-order valence-electron chi connectivity index (χ0n) is 22.3. The Morgan fingerprint density at radius 2 is 1.69 bits per heavy atom. The van der Waals surface area contributed by atoms with Crippen LogP contribution in [-0.2, 0) is 23.1 Å². The number of nitrogens with zero attached hydrogens (tertiary/aromatic N) is 2. The Morgan fingerprint density at radius 1 is 1.03 bits per heavy atom. The Labute approximate surface area is 210 Å². The molecule has 0 fully saturated rings. The number of hydrogen-bond donors (Lipinski definition) is 0. The fraction of sp³-hybridized carbons (Fsp3) is 0.400. The maximum atomic E-state index is 11.9. The molecule has 5 heteroatoms. The van der Waals surface area contributed by atoms with Crippen LogP contribution >= 0.6 is 0 Å². The molecule has 1 atom stereocenters. The van der Waals surface area contributed by atoms with Crippen molar-refractivity contribution in [3.63, 3.8) is 0 Å². The quantitative estimate of drug-likeness (QED) is 0.243. The summed E-state index contributed by atoms with van der Waals surface area (Å²) in [5.41, 5.74) is 6.37. The second-order valence-electron chi connectivity index (χ2n) is 8.33. The standard InChI is InChI=1S/C21H22N2O.C7H12O2.C2H6/c1-4-8-17-13-18(11-12-19(17)15(2)24)20-14-22-23(3)21(20)16-9-6-5-7-10-16;1-6(7(2)9)4-3-5-8;1-2/h5-7,9-14H,4,8H2,1-3H3;5-6H,3-4H2,1-2H3;1-2H3. The monoisotopic (exact) mass is 476 g/mol. The van der Waals surface area contributed by atoms with E-state index in [4.69, 9.17) is 0 Å². The summed E-state index contributed by atoms with van der Waals surface area (Å²) >= 11 is 0. The molecule has 0 spiro atoms. The van der Waals surface area contributed by atoms with E-state index in [0.29, 0.717) is 12.8 Å². The minimum absolute atomic E-state index is 0.0511. The number of Topliss-reactive ketones (excluding diaryl/α,β-unsaturated/α-hetero) is 2. The van der Waals surface area contributed by atoms with Gasteiger partial charge in [-0.3, -0.25) is 14.3 Å². The summed E-state index contributed by atoms with van der Waals surface area (Å²) in [4.78, 5) is 32.2. The van der Waals surface area contributed by atoms with Gasteiger partial charge >= 0.3 is 0 Å². The summed E-state index contributed by atoms with van der Waals surface area (Å²) in [7, 11) is 1.96. The molecule has 35 heavy (non-hydrogen) atoms. The molecule has 0 saturated carbocycles. The van der Waals surface area contributed by atoms with Gasteiger partial charge in [0.1, 0.15) is 12.1 Å². The fourth-order valence-corrected chi connectivity index (χ4v) is 3.69. The fourth-order valence-electron chi connectivity index (χ4n) is 3.69. The van der Waals surface area contributed by atoms with E-state index in [1.165, 1.54) is 0 Å². The van der Waals surface area contributed by atoms with Crippen LogP contribution in [0.5, 0.6) is 0 Å². The third-order valence-corrected chi connectivity index (χ3v) is 5.71. The first-order valence-electron chi connectivity index (χ1n) is 12.5. The van der Waals surface area contributed by atoms with Crippen LogP contribution in [-0.4, -0.2) is 27.6 Å². The van der Waals surface area contributed by atoms with E-state index >= 15 is 0 Å². The maximum absolute atomic E-state index is 11.9. The Bertz CT molecular complexity index is 1080. The molecule has 0 aliphatic heterocycles. The van der Waals surface area contributed by atoms with Crippen molar-refractivity contribution in [1.82, 2.24) is 9.78 Å². The van der Waals surface area contributed by atoms with Gasteiger partial charge in [0.25, 0.3) is 0 Å². The van der Waals surface area contributed by atoms with E-state index in [2.05, 4.69) is 30.2 Å². The second kappa shape index (κ2) is 15.5. The molecule has 0 aliphatic rings. The van der Waals surface area contributed by atoms with Gasteiger partial charge in [0.05, 0.1) is 11.9 Å². The summed E-state index contributed by atoms with van der Waals surface area (Å²) < 4.78 is 1.91.